The second-order valence-electron chi connectivity index (χ2n) is 5.18. The molecule has 0 amide bonds. The van der Waals surface area contributed by atoms with Crippen LogP contribution in [0.25, 0.3) is 0 Å². The van der Waals surface area contributed by atoms with Crippen LogP contribution in [0.15, 0.2) is 72.5 Å². The molecule has 2 aromatic carbocycles. The molecule has 0 saturated carbocycles. The first kappa shape index (κ1) is 13.9. The Bertz CT molecular complexity index is 562. The second-order valence-corrected chi connectivity index (χ2v) is 5.18. The maximum atomic E-state index is 6.06. The summed E-state index contributed by atoms with van der Waals surface area (Å²) in [5, 5.41) is 0. The minimum atomic E-state index is -0.664. The number of ether oxygens (including phenoxy) is 2. The number of allylic oxidation sites excluding steroid dienone is 1. The van der Waals surface area contributed by atoms with E-state index in [9.17, 15) is 0 Å². The second kappa shape index (κ2) is 6.15. The van der Waals surface area contributed by atoms with Crippen LogP contribution >= 0.6 is 0 Å². The number of benzene rings is 2. The Morgan fingerprint density at radius 2 is 1.48 bits per heavy atom. The van der Waals surface area contributed by atoms with Crippen molar-refractivity contribution in [1.82, 2.24) is 0 Å². The topological polar surface area (TPSA) is 18.5 Å². The van der Waals surface area contributed by atoms with E-state index in [-0.39, 0.29) is 0 Å². The van der Waals surface area contributed by atoms with E-state index in [1.54, 1.807) is 7.11 Å². The highest BCUT2D eigenvalue weighted by Gasteiger charge is 2.40. The van der Waals surface area contributed by atoms with E-state index in [1.807, 2.05) is 36.4 Å². The Kier molecular flexibility index (Phi) is 4.07. The molecule has 0 spiro atoms. The van der Waals surface area contributed by atoms with Crippen molar-refractivity contribution in [2.75, 3.05) is 13.7 Å². The molecule has 1 aliphatic heterocycles. The smallest absolute Gasteiger partial charge is 0.174 e. The van der Waals surface area contributed by atoms with Gasteiger partial charge in [-0.1, -0.05) is 60.7 Å². The highest BCUT2D eigenvalue weighted by molar-refractivity contribution is 5.44. The molecule has 0 fully saturated rings. The molecule has 0 aromatic heterocycles. The molecule has 3 rings (SSSR count). The van der Waals surface area contributed by atoms with E-state index in [0.717, 1.165) is 36.3 Å². The quantitative estimate of drug-likeness (QED) is 0.832. The van der Waals surface area contributed by atoms with E-state index >= 15 is 0 Å². The Balaban J connectivity index is 2.20. The molecule has 0 unspecified atom stereocenters. The van der Waals surface area contributed by atoms with Crippen LogP contribution in [0.5, 0.6) is 0 Å². The van der Waals surface area contributed by atoms with Crippen LogP contribution in [0.3, 0.4) is 0 Å². The Morgan fingerprint density at radius 3 is 1.90 bits per heavy atom. The largest absolute Gasteiger partial charge is 0.494 e. The zero-order valence-electron chi connectivity index (χ0n) is 12.3. The maximum Gasteiger partial charge on any atom is 0.174 e. The first-order chi connectivity index (χ1) is 10.4. The van der Waals surface area contributed by atoms with Crippen molar-refractivity contribution in [3.63, 3.8) is 0 Å². The molecule has 0 bridgehead atoms. The first-order valence-electron chi connectivity index (χ1n) is 7.37. The van der Waals surface area contributed by atoms with Crippen molar-refractivity contribution in [2.45, 2.75) is 18.4 Å². The molecule has 2 aromatic rings. The summed E-state index contributed by atoms with van der Waals surface area (Å²) in [5.74, 6) is 0.897. The molecular formula is C19H20O2. The van der Waals surface area contributed by atoms with Crippen LogP contribution < -0.4 is 0 Å². The molecule has 108 valence electrons. The number of hydrogen-bond donors (Lipinski definition) is 0. The maximum absolute atomic E-state index is 6.06. The van der Waals surface area contributed by atoms with Crippen LogP contribution in [0.2, 0.25) is 0 Å². The molecule has 0 saturated heterocycles. The van der Waals surface area contributed by atoms with Gasteiger partial charge in [-0.3, -0.25) is 0 Å². The zero-order valence-corrected chi connectivity index (χ0v) is 12.3. The molecule has 1 aliphatic rings. The van der Waals surface area contributed by atoms with Gasteiger partial charge in [-0.15, -0.1) is 0 Å². The van der Waals surface area contributed by atoms with Crippen molar-refractivity contribution in [3.05, 3.63) is 83.6 Å². The van der Waals surface area contributed by atoms with Gasteiger partial charge in [0.15, 0.2) is 5.60 Å². The summed E-state index contributed by atoms with van der Waals surface area (Å²) in [7, 11) is 1.75. The summed E-state index contributed by atoms with van der Waals surface area (Å²) in [6.45, 7) is 0.747. The van der Waals surface area contributed by atoms with Gasteiger partial charge in [0, 0.05) is 7.11 Å². The highest BCUT2D eigenvalue weighted by atomic mass is 16.5. The van der Waals surface area contributed by atoms with Gasteiger partial charge in [-0.05, 0) is 30.0 Å². The monoisotopic (exact) mass is 280 g/mol. The lowest BCUT2D eigenvalue weighted by Crippen LogP contribution is -2.34. The predicted molar refractivity (Wildman–Crippen MR) is 83.9 cm³/mol. The zero-order chi connectivity index (χ0) is 14.5. The van der Waals surface area contributed by atoms with Crippen LogP contribution in [-0.2, 0) is 15.1 Å². The summed E-state index contributed by atoms with van der Waals surface area (Å²) >= 11 is 0. The fraction of sp³-hybridized carbons (Fsp3) is 0.263. The Morgan fingerprint density at radius 1 is 0.905 bits per heavy atom. The number of rotatable bonds is 4. The summed E-state index contributed by atoms with van der Waals surface area (Å²) < 4.78 is 12.0. The van der Waals surface area contributed by atoms with Gasteiger partial charge in [0.25, 0.3) is 0 Å². The lowest BCUT2D eigenvalue weighted by Gasteiger charge is -2.36. The van der Waals surface area contributed by atoms with Crippen LogP contribution in [0, 0.1) is 0 Å². The number of hydrogen-bond acceptors (Lipinski definition) is 2. The van der Waals surface area contributed by atoms with Crippen molar-refractivity contribution >= 4 is 0 Å². The minimum absolute atomic E-state index is 0.664. The third kappa shape index (κ3) is 2.47. The summed E-state index contributed by atoms with van der Waals surface area (Å²) in [4.78, 5) is 0. The van der Waals surface area contributed by atoms with E-state index in [4.69, 9.17) is 9.47 Å². The molecular weight excluding hydrogens is 260 g/mol. The van der Waals surface area contributed by atoms with E-state index < -0.39 is 5.60 Å². The third-order valence-electron chi connectivity index (χ3n) is 3.95. The van der Waals surface area contributed by atoms with Gasteiger partial charge in [0.1, 0.15) is 5.76 Å². The van der Waals surface area contributed by atoms with E-state index in [0.29, 0.717) is 0 Å². The SMILES string of the molecule is COC(C1=CCCCO1)(c1ccccc1)c1ccccc1. The fourth-order valence-corrected chi connectivity index (χ4v) is 2.94. The van der Waals surface area contributed by atoms with Gasteiger partial charge in [0.05, 0.1) is 6.61 Å². The van der Waals surface area contributed by atoms with Gasteiger partial charge >= 0.3 is 0 Å². The van der Waals surface area contributed by atoms with Crippen molar-refractivity contribution in [3.8, 4) is 0 Å². The Hall–Kier alpha value is -2.06. The van der Waals surface area contributed by atoms with Gasteiger partial charge < -0.3 is 9.47 Å². The van der Waals surface area contributed by atoms with Crippen molar-refractivity contribution < 1.29 is 9.47 Å². The Labute approximate surface area is 126 Å². The molecule has 1 heterocycles. The van der Waals surface area contributed by atoms with Gasteiger partial charge in [-0.25, -0.2) is 0 Å². The van der Waals surface area contributed by atoms with E-state index in [1.165, 1.54) is 0 Å². The molecule has 2 nitrogen and oxygen atoms in total. The van der Waals surface area contributed by atoms with Gasteiger partial charge in [0.2, 0.25) is 0 Å². The highest BCUT2D eigenvalue weighted by Crippen LogP contribution is 2.41. The normalized spacial score (nSPS) is 15.2. The van der Waals surface area contributed by atoms with Gasteiger partial charge in [-0.2, -0.15) is 0 Å². The average molecular weight is 280 g/mol. The van der Waals surface area contributed by atoms with E-state index in [2.05, 4.69) is 30.3 Å². The molecule has 0 atom stereocenters. The average Bonchev–Trinajstić information content (AvgIpc) is 2.59. The molecule has 0 N–H and O–H groups in total. The standard InChI is InChI=1S/C19H20O2/c1-20-19(16-10-4-2-5-11-16,17-12-6-3-7-13-17)18-14-8-9-15-21-18/h2-7,10-14H,8-9,15H2,1H3. The lowest BCUT2D eigenvalue weighted by molar-refractivity contribution is -0.00653. The predicted octanol–water partition coefficient (Wildman–Crippen LogP) is 4.27. The fourth-order valence-electron chi connectivity index (χ4n) is 2.94. The van der Waals surface area contributed by atoms with Crippen LogP contribution in [0.1, 0.15) is 24.0 Å². The third-order valence-corrected chi connectivity index (χ3v) is 3.95. The first-order valence-corrected chi connectivity index (χ1v) is 7.37. The van der Waals surface area contributed by atoms with Crippen molar-refractivity contribution in [1.29, 1.82) is 0 Å². The molecule has 2 heteroatoms. The molecule has 0 aliphatic carbocycles. The summed E-state index contributed by atoms with van der Waals surface area (Å²) in [6, 6.07) is 20.6. The molecule has 0 radical (unpaired) electrons. The summed E-state index contributed by atoms with van der Waals surface area (Å²) in [6.07, 6.45) is 4.25. The van der Waals surface area contributed by atoms with Crippen LogP contribution in [-0.4, -0.2) is 13.7 Å². The number of methoxy groups -OCH3 is 1. The van der Waals surface area contributed by atoms with Crippen molar-refractivity contribution in [2.24, 2.45) is 0 Å². The molecule has 21 heavy (non-hydrogen) atoms. The summed E-state index contributed by atoms with van der Waals surface area (Å²) in [5.41, 5.74) is 1.52. The van der Waals surface area contributed by atoms with Crippen LogP contribution in [0.4, 0.5) is 0 Å². The minimum Gasteiger partial charge on any atom is -0.494 e. The lowest BCUT2D eigenvalue weighted by atomic mass is 9.83.